The number of aromatic amines is 2. The van der Waals surface area contributed by atoms with E-state index in [0.29, 0.717) is 6.10 Å². The third kappa shape index (κ3) is 4.09. The second-order valence-electron chi connectivity index (χ2n) is 7.80. The Morgan fingerprint density at radius 3 is 2.76 bits per heavy atom. The highest BCUT2D eigenvalue weighted by Gasteiger charge is 2.18. The molecule has 0 amide bonds. The van der Waals surface area contributed by atoms with Gasteiger partial charge < -0.3 is 9.72 Å². The van der Waals surface area contributed by atoms with Gasteiger partial charge in [0, 0.05) is 19.3 Å². The summed E-state index contributed by atoms with van der Waals surface area (Å²) in [6.45, 7) is 5.67. The summed E-state index contributed by atoms with van der Waals surface area (Å²) in [4.78, 5) is 10.7. The van der Waals surface area contributed by atoms with Crippen molar-refractivity contribution in [1.29, 1.82) is 0 Å². The van der Waals surface area contributed by atoms with E-state index in [0.717, 1.165) is 60.8 Å². The van der Waals surface area contributed by atoms with E-state index in [1.807, 2.05) is 6.07 Å². The van der Waals surface area contributed by atoms with Gasteiger partial charge in [0.25, 0.3) is 0 Å². The summed E-state index contributed by atoms with van der Waals surface area (Å²) >= 11 is 0. The van der Waals surface area contributed by atoms with Crippen molar-refractivity contribution in [2.75, 3.05) is 19.7 Å². The van der Waals surface area contributed by atoms with E-state index < -0.39 is 0 Å². The van der Waals surface area contributed by atoms with E-state index in [4.69, 9.17) is 9.72 Å². The van der Waals surface area contributed by atoms with Gasteiger partial charge in [0.1, 0.15) is 5.82 Å². The van der Waals surface area contributed by atoms with Gasteiger partial charge in [-0.2, -0.15) is 5.10 Å². The molecular weight excluding hydrogens is 362 g/mol. The lowest BCUT2D eigenvalue weighted by Crippen LogP contribution is -2.40. The molecule has 6 heteroatoms. The Morgan fingerprint density at radius 2 is 1.97 bits per heavy atom. The fraction of sp³-hybridized carbons (Fsp3) is 0.304. The average molecular weight is 387 g/mol. The smallest absolute Gasteiger partial charge is 0.121 e. The first-order valence-electron chi connectivity index (χ1n) is 10.1. The van der Waals surface area contributed by atoms with Gasteiger partial charge >= 0.3 is 0 Å². The summed E-state index contributed by atoms with van der Waals surface area (Å²) in [7, 11) is 0. The first-order chi connectivity index (χ1) is 14.2. The predicted molar refractivity (Wildman–Crippen MR) is 114 cm³/mol. The van der Waals surface area contributed by atoms with Gasteiger partial charge in [-0.25, -0.2) is 4.98 Å². The van der Waals surface area contributed by atoms with Crippen LogP contribution in [-0.4, -0.2) is 50.9 Å². The molecule has 1 atom stereocenters. The Labute approximate surface area is 169 Å². The van der Waals surface area contributed by atoms with Crippen LogP contribution in [0.4, 0.5) is 0 Å². The number of hydrogen-bond acceptors (Lipinski definition) is 4. The number of hydrogen-bond donors (Lipinski definition) is 2. The molecule has 0 saturated carbocycles. The van der Waals surface area contributed by atoms with Crippen LogP contribution in [0.25, 0.3) is 22.3 Å². The molecule has 29 heavy (non-hydrogen) atoms. The zero-order chi connectivity index (χ0) is 19.6. The number of ether oxygens (including phenoxy) is 1. The molecule has 1 saturated heterocycles. The van der Waals surface area contributed by atoms with E-state index in [1.165, 1.54) is 11.1 Å². The topological polar surface area (TPSA) is 69.8 Å². The summed E-state index contributed by atoms with van der Waals surface area (Å²) in [6, 6.07) is 17.1. The number of imidazole rings is 1. The molecule has 0 aliphatic carbocycles. The lowest BCUT2D eigenvalue weighted by molar-refractivity contribution is -0.0219. The molecule has 0 unspecified atom stereocenters. The molecule has 1 aliphatic heterocycles. The number of aromatic nitrogens is 4. The van der Waals surface area contributed by atoms with Crippen LogP contribution >= 0.6 is 0 Å². The quantitative estimate of drug-likeness (QED) is 0.547. The average Bonchev–Trinajstić information content (AvgIpc) is 3.38. The molecule has 4 aromatic rings. The molecule has 0 bridgehead atoms. The molecule has 6 nitrogen and oxygen atoms in total. The molecule has 1 fully saturated rings. The number of rotatable bonds is 5. The third-order valence-electron chi connectivity index (χ3n) is 5.47. The van der Waals surface area contributed by atoms with Crippen LogP contribution < -0.4 is 0 Å². The van der Waals surface area contributed by atoms with Gasteiger partial charge in [0.15, 0.2) is 0 Å². The monoisotopic (exact) mass is 387 g/mol. The van der Waals surface area contributed by atoms with Gasteiger partial charge in [-0.15, -0.1) is 0 Å². The van der Waals surface area contributed by atoms with Crippen LogP contribution in [0.2, 0.25) is 0 Å². The van der Waals surface area contributed by atoms with Gasteiger partial charge in [-0.05, 0) is 48.2 Å². The molecule has 148 valence electrons. The summed E-state index contributed by atoms with van der Waals surface area (Å²) in [6.07, 6.45) is 2.96. The Balaban J connectivity index is 1.29. The number of morpholine rings is 1. The highest BCUT2D eigenvalue weighted by Crippen LogP contribution is 2.21. The Kier molecular flexibility index (Phi) is 4.87. The Hall–Kier alpha value is -2.96. The number of benzene rings is 2. The zero-order valence-corrected chi connectivity index (χ0v) is 16.6. The van der Waals surface area contributed by atoms with Crippen LogP contribution in [0.1, 0.15) is 23.9 Å². The van der Waals surface area contributed by atoms with Crippen molar-refractivity contribution in [1.82, 2.24) is 25.1 Å². The first kappa shape index (κ1) is 18.1. The minimum absolute atomic E-state index is 0.291. The minimum Gasteiger partial charge on any atom is -0.376 e. The van der Waals surface area contributed by atoms with Gasteiger partial charge in [-0.1, -0.05) is 30.3 Å². The van der Waals surface area contributed by atoms with E-state index in [-0.39, 0.29) is 0 Å². The number of nitrogens with zero attached hydrogens (tertiary/aromatic N) is 3. The van der Waals surface area contributed by atoms with Gasteiger partial charge in [-0.3, -0.25) is 10.00 Å². The van der Waals surface area contributed by atoms with Crippen molar-refractivity contribution in [3.63, 3.8) is 0 Å². The summed E-state index contributed by atoms with van der Waals surface area (Å²) in [5, 5.41) is 7.02. The largest absolute Gasteiger partial charge is 0.376 e. The molecule has 5 rings (SSSR count). The van der Waals surface area contributed by atoms with Crippen molar-refractivity contribution in [3.8, 4) is 11.3 Å². The fourth-order valence-corrected chi connectivity index (χ4v) is 3.99. The number of fused-ring (bicyclic) bond motifs is 1. The van der Waals surface area contributed by atoms with Crippen molar-refractivity contribution < 1.29 is 4.74 Å². The molecule has 1 aliphatic rings. The second-order valence-corrected chi connectivity index (χ2v) is 7.80. The highest BCUT2D eigenvalue weighted by atomic mass is 16.5. The van der Waals surface area contributed by atoms with E-state index in [9.17, 15) is 0 Å². The SMILES string of the molecule is C[C@H]1CN(Cc2nc3ccc(Cc4ccc(-c5ccn[nH]5)cc4)cc3[nH]2)CCO1. The van der Waals surface area contributed by atoms with Crippen molar-refractivity contribution >= 4 is 11.0 Å². The summed E-state index contributed by atoms with van der Waals surface area (Å²) < 4.78 is 5.63. The minimum atomic E-state index is 0.291. The molecule has 2 aromatic carbocycles. The van der Waals surface area contributed by atoms with Crippen LogP contribution in [-0.2, 0) is 17.7 Å². The maximum absolute atomic E-state index is 5.63. The first-order valence-corrected chi connectivity index (χ1v) is 10.1. The third-order valence-corrected chi connectivity index (χ3v) is 5.47. The number of nitrogens with one attached hydrogen (secondary N) is 2. The fourth-order valence-electron chi connectivity index (χ4n) is 3.99. The van der Waals surface area contributed by atoms with E-state index in [2.05, 4.69) is 69.5 Å². The molecule has 2 aromatic heterocycles. The lowest BCUT2D eigenvalue weighted by atomic mass is 10.0. The second kappa shape index (κ2) is 7.81. The van der Waals surface area contributed by atoms with Crippen molar-refractivity contribution in [3.05, 3.63) is 71.7 Å². The Bertz CT molecular complexity index is 1080. The predicted octanol–water partition coefficient (Wildman–Crippen LogP) is 3.76. The van der Waals surface area contributed by atoms with Gasteiger partial charge in [0.05, 0.1) is 36.0 Å². The Morgan fingerprint density at radius 1 is 1.10 bits per heavy atom. The van der Waals surface area contributed by atoms with E-state index >= 15 is 0 Å². The maximum Gasteiger partial charge on any atom is 0.121 e. The van der Waals surface area contributed by atoms with E-state index in [1.54, 1.807) is 6.20 Å². The summed E-state index contributed by atoms with van der Waals surface area (Å²) in [5.74, 6) is 1.02. The molecule has 0 spiro atoms. The van der Waals surface area contributed by atoms with Gasteiger partial charge in [0.2, 0.25) is 0 Å². The van der Waals surface area contributed by atoms with Crippen molar-refractivity contribution in [2.45, 2.75) is 26.0 Å². The summed E-state index contributed by atoms with van der Waals surface area (Å²) in [5.41, 5.74) is 6.89. The maximum atomic E-state index is 5.63. The molecule has 2 N–H and O–H groups in total. The van der Waals surface area contributed by atoms with Crippen LogP contribution in [0.3, 0.4) is 0 Å². The van der Waals surface area contributed by atoms with Crippen LogP contribution in [0.5, 0.6) is 0 Å². The normalized spacial score (nSPS) is 17.8. The van der Waals surface area contributed by atoms with Crippen LogP contribution in [0.15, 0.2) is 54.7 Å². The molecule has 0 radical (unpaired) electrons. The standard InChI is InChI=1S/C23H25N5O/c1-16-14-28(10-11-29-16)15-23-25-21-7-4-18(13-22(21)26-23)12-17-2-5-19(6-3-17)20-8-9-24-27-20/h2-9,13,16H,10-12,14-15H2,1H3,(H,24,27)(H,25,26)/t16-/m0/s1. The van der Waals surface area contributed by atoms with Crippen molar-refractivity contribution in [2.24, 2.45) is 0 Å². The zero-order valence-electron chi connectivity index (χ0n) is 16.6. The molecular formula is C23H25N5O. The number of H-pyrrole nitrogens is 2. The van der Waals surface area contributed by atoms with Crippen LogP contribution in [0, 0.1) is 0 Å². The highest BCUT2D eigenvalue weighted by molar-refractivity contribution is 5.76. The lowest BCUT2D eigenvalue weighted by Gasteiger charge is -2.30. The molecule has 3 heterocycles.